The van der Waals surface area contributed by atoms with Crippen LogP contribution >= 0.6 is 11.8 Å². The lowest BCUT2D eigenvalue weighted by Crippen LogP contribution is -2.43. The number of hydrogen-bond acceptors (Lipinski definition) is 4. The summed E-state index contributed by atoms with van der Waals surface area (Å²) < 4.78 is 5.09. The van der Waals surface area contributed by atoms with Gasteiger partial charge in [-0.05, 0) is 44.2 Å². The Hall–Kier alpha value is -1.49. The molecule has 1 aromatic carbocycles. The quantitative estimate of drug-likeness (QED) is 0.629. The second-order valence-electron chi connectivity index (χ2n) is 6.65. The monoisotopic (exact) mass is 349 g/mol. The fraction of sp³-hybridized carbons (Fsp3) is 0.579. The van der Waals surface area contributed by atoms with Gasteiger partial charge >= 0.3 is 5.97 Å². The number of thioether (sulfide) groups is 1. The number of benzene rings is 1. The summed E-state index contributed by atoms with van der Waals surface area (Å²) >= 11 is 1.45. The number of carbonyl (C=O) groups excluding carboxylic acids is 2. The van der Waals surface area contributed by atoms with Crippen LogP contribution in [-0.4, -0.2) is 30.3 Å². The zero-order chi connectivity index (χ0) is 17.5. The molecular weight excluding hydrogens is 322 g/mol. The Morgan fingerprint density at radius 2 is 2.00 bits per heavy atom. The Kier molecular flexibility index (Phi) is 7.16. The van der Waals surface area contributed by atoms with Crippen LogP contribution < -0.4 is 5.32 Å². The molecule has 0 radical (unpaired) electrons. The first kappa shape index (κ1) is 18.8. The third kappa shape index (κ3) is 5.86. The molecule has 5 heteroatoms. The summed E-state index contributed by atoms with van der Waals surface area (Å²) in [5.74, 6) is 0.167. The lowest BCUT2D eigenvalue weighted by atomic mass is 9.86. The molecule has 0 spiro atoms. The molecule has 0 heterocycles. The highest BCUT2D eigenvalue weighted by Gasteiger charge is 2.23. The van der Waals surface area contributed by atoms with Gasteiger partial charge in [-0.15, -0.1) is 11.8 Å². The Bertz CT molecular complexity index is 588. The van der Waals surface area contributed by atoms with E-state index in [0.717, 1.165) is 29.7 Å². The lowest BCUT2D eigenvalue weighted by molar-refractivity contribution is -0.146. The van der Waals surface area contributed by atoms with Crippen LogP contribution in [0.1, 0.15) is 43.7 Å². The number of hydrogen-bond donors (Lipinski definition) is 1. The van der Waals surface area contributed by atoms with Gasteiger partial charge in [-0.25, -0.2) is 0 Å². The smallest absolute Gasteiger partial charge is 0.316 e. The van der Waals surface area contributed by atoms with Gasteiger partial charge in [0.15, 0.2) is 6.61 Å². The normalized spacial score (nSPS) is 20.5. The predicted octanol–water partition coefficient (Wildman–Crippen LogP) is 3.63. The minimum atomic E-state index is -0.355. The summed E-state index contributed by atoms with van der Waals surface area (Å²) in [7, 11) is 0. The molecule has 4 nitrogen and oxygen atoms in total. The van der Waals surface area contributed by atoms with Crippen molar-refractivity contribution in [1.82, 2.24) is 5.32 Å². The summed E-state index contributed by atoms with van der Waals surface area (Å²) in [6.07, 6.45) is 4.56. The predicted molar refractivity (Wildman–Crippen MR) is 97.2 cm³/mol. The Morgan fingerprint density at radius 1 is 1.25 bits per heavy atom. The topological polar surface area (TPSA) is 55.4 Å². The molecule has 132 valence electrons. The van der Waals surface area contributed by atoms with Gasteiger partial charge in [-0.3, -0.25) is 9.59 Å². The van der Waals surface area contributed by atoms with E-state index in [1.54, 1.807) is 0 Å². The van der Waals surface area contributed by atoms with Crippen LogP contribution in [0.25, 0.3) is 0 Å². The second-order valence-corrected chi connectivity index (χ2v) is 7.67. The third-order valence-electron chi connectivity index (χ3n) is 4.50. The van der Waals surface area contributed by atoms with Crippen molar-refractivity contribution in [2.24, 2.45) is 5.92 Å². The van der Waals surface area contributed by atoms with Crippen molar-refractivity contribution >= 4 is 23.6 Å². The molecule has 1 fully saturated rings. The van der Waals surface area contributed by atoms with Gasteiger partial charge in [0.05, 0.1) is 5.75 Å². The molecule has 0 bridgehead atoms. The highest BCUT2D eigenvalue weighted by atomic mass is 32.2. The Labute approximate surface area is 148 Å². The van der Waals surface area contributed by atoms with E-state index in [0.29, 0.717) is 5.92 Å². The molecule has 2 atom stereocenters. The first-order valence-corrected chi connectivity index (χ1v) is 9.59. The minimum Gasteiger partial charge on any atom is -0.455 e. The fourth-order valence-corrected chi connectivity index (χ4v) is 3.87. The van der Waals surface area contributed by atoms with E-state index in [9.17, 15) is 9.59 Å². The van der Waals surface area contributed by atoms with Crippen LogP contribution in [0.2, 0.25) is 0 Å². The summed E-state index contributed by atoms with van der Waals surface area (Å²) in [4.78, 5) is 24.8. The first-order chi connectivity index (χ1) is 11.5. The summed E-state index contributed by atoms with van der Waals surface area (Å²) in [5.41, 5.74) is 2.35. The number of ether oxygens (including phenoxy) is 1. The molecule has 0 aliphatic heterocycles. The molecule has 1 aliphatic carbocycles. The van der Waals surface area contributed by atoms with Gasteiger partial charge in [-0.1, -0.05) is 37.5 Å². The number of nitrogens with one attached hydrogen (secondary N) is 1. The van der Waals surface area contributed by atoms with Crippen molar-refractivity contribution in [3.63, 3.8) is 0 Å². The third-order valence-corrected chi connectivity index (χ3v) is 5.65. The van der Waals surface area contributed by atoms with Gasteiger partial charge in [0.2, 0.25) is 0 Å². The molecule has 1 amide bonds. The van der Waals surface area contributed by atoms with Gasteiger partial charge < -0.3 is 10.1 Å². The van der Waals surface area contributed by atoms with Gasteiger partial charge in [-0.2, -0.15) is 0 Å². The molecule has 1 aliphatic rings. The molecule has 1 aromatic rings. The summed E-state index contributed by atoms with van der Waals surface area (Å²) in [6.45, 7) is 6.05. The minimum absolute atomic E-state index is 0.185. The maximum Gasteiger partial charge on any atom is 0.316 e. The molecule has 0 unspecified atom stereocenters. The van der Waals surface area contributed by atoms with E-state index in [2.05, 4.69) is 18.3 Å². The molecular formula is C19H27NO3S. The Morgan fingerprint density at radius 3 is 2.71 bits per heavy atom. The number of amides is 1. The first-order valence-electron chi connectivity index (χ1n) is 8.60. The van der Waals surface area contributed by atoms with Gasteiger partial charge in [0.25, 0.3) is 5.91 Å². The van der Waals surface area contributed by atoms with E-state index in [4.69, 9.17) is 4.74 Å². The van der Waals surface area contributed by atoms with Crippen molar-refractivity contribution < 1.29 is 14.3 Å². The number of carbonyl (C=O) groups is 2. The molecule has 24 heavy (non-hydrogen) atoms. The van der Waals surface area contributed by atoms with E-state index in [1.807, 2.05) is 26.0 Å². The van der Waals surface area contributed by atoms with Crippen LogP contribution in [-0.2, 0) is 14.3 Å². The van der Waals surface area contributed by atoms with Gasteiger partial charge in [0.1, 0.15) is 0 Å². The number of rotatable bonds is 6. The lowest BCUT2D eigenvalue weighted by Gasteiger charge is -2.29. The van der Waals surface area contributed by atoms with Crippen LogP contribution in [0.15, 0.2) is 23.1 Å². The fourth-order valence-electron chi connectivity index (χ4n) is 3.06. The molecule has 0 saturated heterocycles. The van der Waals surface area contributed by atoms with Gasteiger partial charge in [0, 0.05) is 10.9 Å². The molecule has 1 N–H and O–H groups in total. The van der Waals surface area contributed by atoms with E-state index < -0.39 is 0 Å². The average molecular weight is 349 g/mol. The second kappa shape index (κ2) is 9.11. The van der Waals surface area contributed by atoms with E-state index >= 15 is 0 Å². The van der Waals surface area contributed by atoms with Crippen LogP contribution in [0.3, 0.4) is 0 Å². The Balaban J connectivity index is 1.69. The summed E-state index contributed by atoms with van der Waals surface area (Å²) in [5, 5.41) is 2.99. The SMILES string of the molecule is Cc1ccc(SCC(=O)OCC(=O)N[C@H]2CCCC[C@H]2C)c(C)c1. The zero-order valence-corrected chi connectivity index (χ0v) is 15.6. The highest BCUT2D eigenvalue weighted by molar-refractivity contribution is 8.00. The van der Waals surface area contributed by atoms with E-state index in [1.165, 1.54) is 23.7 Å². The van der Waals surface area contributed by atoms with Crippen molar-refractivity contribution in [3.8, 4) is 0 Å². The molecule has 0 aromatic heterocycles. The largest absolute Gasteiger partial charge is 0.455 e. The van der Waals surface area contributed by atoms with Crippen molar-refractivity contribution in [1.29, 1.82) is 0 Å². The highest BCUT2D eigenvalue weighted by Crippen LogP contribution is 2.24. The van der Waals surface area contributed by atoms with Crippen molar-refractivity contribution in [2.45, 2.75) is 57.4 Å². The van der Waals surface area contributed by atoms with Crippen molar-refractivity contribution in [3.05, 3.63) is 29.3 Å². The van der Waals surface area contributed by atoms with Crippen LogP contribution in [0, 0.1) is 19.8 Å². The average Bonchev–Trinajstić information content (AvgIpc) is 2.54. The standard InChI is InChI=1S/C19H27NO3S/c1-13-8-9-17(15(3)10-13)24-12-19(22)23-11-18(21)20-16-7-5-4-6-14(16)2/h8-10,14,16H,4-7,11-12H2,1-3H3,(H,20,21)/t14-,16+/m1/s1. The molecule has 2 rings (SSSR count). The maximum absolute atomic E-state index is 11.9. The number of aryl methyl sites for hydroxylation is 2. The van der Waals surface area contributed by atoms with Crippen LogP contribution in [0.5, 0.6) is 0 Å². The van der Waals surface area contributed by atoms with Crippen molar-refractivity contribution in [2.75, 3.05) is 12.4 Å². The number of esters is 1. The summed E-state index contributed by atoms with van der Waals surface area (Å²) in [6, 6.07) is 6.35. The zero-order valence-electron chi connectivity index (χ0n) is 14.8. The van der Waals surface area contributed by atoms with Crippen LogP contribution in [0.4, 0.5) is 0 Å². The molecule has 1 saturated carbocycles. The maximum atomic E-state index is 11.9. The van der Waals surface area contributed by atoms with E-state index in [-0.39, 0.29) is 30.3 Å².